The Morgan fingerprint density at radius 1 is 1.02 bits per heavy atom. The largest absolute Gasteiger partial charge is 0.508 e. The lowest BCUT2D eigenvalue weighted by molar-refractivity contribution is -0.189. The number of likely N-dealkylation sites (N-methyl/N-ethyl adjacent to an activating group) is 1. The monoisotopic (exact) mass is 669 g/mol. The fourth-order valence-corrected chi connectivity index (χ4v) is 6.21. The lowest BCUT2D eigenvalue weighted by Crippen LogP contribution is -2.76. The van der Waals surface area contributed by atoms with Gasteiger partial charge in [0.25, 0.3) is 0 Å². The molecule has 5 amide bonds. The van der Waals surface area contributed by atoms with E-state index >= 15 is 0 Å². The second-order valence-electron chi connectivity index (χ2n) is 12.3. The number of fused-ring (bicyclic) bond motifs is 1. The second-order valence-corrected chi connectivity index (χ2v) is 12.3. The number of phenolic OH excluding ortho intramolecular Hbond substituents is 1. The van der Waals surface area contributed by atoms with Crippen molar-refractivity contribution in [1.29, 1.82) is 0 Å². The van der Waals surface area contributed by atoms with Gasteiger partial charge >= 0.3 is 6.03 Å². The molecule has 49 heavy (non-hydrogen) atoms. The van der Waals surface area contributed by atoms with E-state index in [2.05, 4.69) is 11.9 Å². The van der Waals surface area contributed by atoms with Crippen molar-refractivity contribution in [1.82, 2.24) is 30.0 Å². The van der Waals surface area contributed by atoms with Gasteiger partial charge in [-0.25, -0.2) is 20.7 Å². The van der Waals surface area contributed by atoms with E-state index in [1.54, 1.807) is 60.4 Å². The van der Waals surface area contributed by atoms with Crippen LogP contribution < -0.4 is 21.9 Å². The summed E-state index contributed by atoms with van der Waals surface area (Å²) in [5, 5.41) is 17.3. The molecule has 5 rings (SSSR count). The summed E-state index contributed by atoms with van der Waals surface area (Å²) in [6.07, 6.45) is 0.887. The lowest BCUT2D eigenvalue weighted by Gasteiger charge is -2.55. The zero-order valence-electron chi connectivity index (χ0n) is 27.7. The summed E-state index contributed by atoms with van der Waals surface area (Å²) in [6, 6.07) is 19.7. The molecule has 3 aromatic rings. The molecule has 258 valence electrons. The van der Waals surface area contributed by atoms with Gasteiger partial charge in [0.2, 0.25) is 17.7 Å². The van der Waals surface area contributed by atoms with Crippen LogP contribution in [0.5, 0.6) is 5.75 Å². The minimum absolute atomic E-state index is 0.0154. The Bertz CT molecular complexity index is 1680. The molecule has 2 saturated heterocycles. The maximum Gasteiger partial charge on any atom is 0.334 e. The van der Waals surface area contributed by atoms with Crippen LogP contribution in [0.3, 0.4) is 0 Å². The Morgan fingerprint density at radius 2 is 1.73 bits per heavy atom. The Morgan fingerprint density at radius 3 is 2.41 bits per heavy atom. The Kier molecular flexibility index (Phi) is 10.7. The van der Waals surface area contributed by atoms with Gasteiger partial charge in [0, 0.05) is 40.2 Å². The summed E-state index contributed by atoms with van der Waals surface area (Å²) < 4.78 is 0. The number of para-hydroxylation sites is 1. The number of amides is 5. The number of hydrogen-bond acceptors (Lipinski definition) is 9. The molecule has 3 aromatic carbocycles. The normalized spacial score (nSPS) is 17.8. The molecule has 0 unspecified atom stereocenters. The van der Waals surface area contributed by atoms with Gasteiger partial charge < -0.3 is 30.9 Å². The molecule has 0 aromatic heterocycles. The molecule has 2 fully saturated rings. The Balaban J connectivity index is 1.52. The minimum Gasteiger partial charge on any atom is -0.508 e. The SMILES string of the molecule is C=CCN1CC(=O)N2[C@@H](Cc3ccc(O)cc3)C(=O)N(Cc3cccc(N)c3N(N)CC(=O)N(C)C)C[C@@H]2N1C(=O)NCc1ccccc1. The van der Waals surface area contributed by atoms with E-state index in [4.69, 9.17) is 11.6 Å². The minimum atomic E-state index is -0.972. The van der Waals surface area contributed by atoms with E-state index in [1.165, 1.54) is 32.0 Å². The molecular weight excluding hydrogens is 626 g/mol. The van der Waals surface area contributed by atoms with Crippen molar-refractivity contribution in [2.75, 3.05) is 51.0 Å². The number of nitrogen functional groups attached to an aromatic ring is 1. The van der Waals surface area contributed by atoms with Crippen molar-refractivity contribution in [3.05, 3.63) is 102 Å². The zero-order chi connectivity index (χ0) is 35.2. The number of nitrogens with zero attached hydrogens (tertiary/aromatic N) is 6. The van der Waals surface area contributed by atoms with E-state index in [0.29, 0.717) is 16.9 Å². The molecular formula is C35H43N9O5. The van der Waals surface area contributed by atoms with Crippen LogP contribution in [-0.2, 0) is 33.9 Å². The third-order valence-corrected chi connectivity index (χ3v) is 8.63. The molecule has 2 aliphatic heterocycles. The molecule has 6 N–H and O–H groups in total. The molecule has 14 heteroatoms. The fourth-order valence-electron chi connectivity index (χ4n) is 6.21. The van der Waals surface area contributed by atoms with E-state index < -0.39 is 18.2 Å². The summed E-state index contributed by atoms with van der Waals surface area (Å²) in [6.45, 7) is 4.03. The molecule has 0 radical (unpaired) electrons. The molecule has 0 saturated carbocycles. The molecule has 0 aliphatic carbocycles. The van der Waals surface area contributed by atoms with Gasteiger partial charge in [0.05, 0.1) is 24.5 Å². The van der Waals surface area contributed by atoms with Crippen LogP contribution in [0.1, 0.15) is 16.7 Å². The molecule has 0 bridgehead atoms. The smallest absolute Gasteiger partial charge is 0.334 e. The predicted octanol–water partition coefficient (Wildman–Crippen LogP) is 1.48. The fraction of sp³-hybridized carbons (Fsp3) is 0.314. The van der Waals surface area contributed by atoms with E-state index in [1.807, 2.05) is 30.3 Å². The summed E-state index contributed by atoms with van der Waals surface area (Å²) in [7, 11) is 3.25. The number of aromatic hydroxyl groups is 1. The number of rotatable bonds is 11. The number of hydrogen-bond donors (Lipinski definition) is 4. The van der Waals surface area contributed by atoms with Crippen molar-refractivity contribution in [2.24, 2.45) is 5.84 Å². The van der Waals surface area contributed by atoms with Gasteiger partial charge in [-0.3, -0.25) is 19.4 Å². The first-order valence-electron chi connectivity index (χ1n) is 15.9. The maximum absolute atomic E-state index is 14.4. The number of carbonyl (C=O) groups is 4. The van der Waals surface area contributed by atoms with E-state index in [-0.39, 0.29) is 69.2 Å². The van der Waals surface area contributed by atoms with Gasteiger partial charge in [-0.15, -0.1) is 6.58 Å². The van der Waals surface area contributed by atoms with Gasteiger partial charge in [0.1, 0.15) is 24.5 Å². The van der Waals surface area contributed by atoms with Gasteiger partial charge in [-0.05, 0) is 34.9 Å². The second kappa shape index (κ2) is 15.1. The van der Waals surface area contributed by atoms with E-state index in [9.17, 15) is 24.3 Å². The van der Waals surface area contributed by atoms with Crippen molar-refractivity contribution in [3.63, 3.8) is 0 Å². The first kappa shape index (κ1) is 34.7. The van der Waals surface area contributed by atoms with Crippen LogP contribution in [0.25, 0.3) is 0 Å². The van der Waals surface area contributed by atoms with Gasteiger partial charge in [-0.1, -0.05) is 60.7 Å². The zero-order valence-corrected chi connectivity index (χ0v) is 27.7. The standard InChI is InChI=1S/C35H43N9O5/c1-4-17-41-22-32(47)43-29(18-24-13-15-27(45)16-14-24)34(48)40(21-30(43)44(41)35(49)38-19-25-9-6-5-7-10-25)20-26-11-8-12-28(36)33(26)42(37)23-31(46)39(2)3/h4-16,29-30,45H,1,17-23,36-37H2,2-3H3,(H,38,49)/t29-,30-/m0/s1. The Hall–Kier alpha value is -5.60. The molecule has 0 spiro atoms. The highest BCUT2D eigenvalue weighted by molar-refractivity contribution is 5.92. The molecule has 14 nitrogen and oxygen atoms in total. The van der Waals surface area contributed by atoms with Crippen LogP contribution >= 0.6 is 0 Å². The Labute approximate surface area is 285 Å². The van der Waals surface area contributed by atoms with Crippen LogP contribution in [0.4, 0.5) is 16.2 Å². The highest BCUT2D eigenvalue weighted by Gasteiger charge is 2.51. The predicted molar refractivity (Wildman–Crippen MR) is 185 cm³/mol. The number of piperazine rings is 1. The van der Waals surface area contributed by atoms with Gasteiger partial charge in [-0.2, -0.15) is 0 Å². The number of carbonyl (C=O) groups excluding carboxylic acids is 4. The average molecular weight is 670 g/mol. The van der Waals surface area contributed by atoms with Crippen LogP contribution in [0.2, 0.25) is 0 Å². The molecule has 2 aliphatic rings. The number of hydrazine groups is 2. The van der Waals surface area contributed by atoms with Crippen LogP contribution in [-0.4, -0.2) is 106 Å². The van der Waals surface area contributed by atoms with E-state index in [0.717, 1.165) is 11.1 Å². The number of nitrogens with two attached hydrogens (primary N) is 2. The third kappa shape index (κ3) is 7.77. The summed E-state index contributed by atoms with van der Waals surface area (Å²) in [5.74, 6) is 5.58. The summed E-state index contributed by atoms with van der Waals surface area (Å²) in [5.41, 5.74) is 9.30. The highest BCUT2D eigenvalue weighted by Crippen LogP contribution is 2.32. The van der Waals surface area contributed by atoms with Crippen molar-refractivity contribution in [3.8, 4) is 5.75 Å². The van der Waals surface area contributed by atoms with Gasteiger partial charge in [0.15, 0.2) is 0 Å². The summed E-state index contributed by atoms with van der Waals surface area (Å²) in [4.78, 5) is 59.4. The number of nitrogens with one attached hydrogen (secondary N) is 1. The number of phenols is 1. The number of anilines is 2. The molecule has 2 heterocycles. The van der Waals surface area contributed by atoms with Crippen LogP contribution in [0, 0.1) is 0 Å². The number of benzene rings is 3. The van der Waals surface area contributed by atoms with Crippen molar-refractivity contribution >= 4 is 35.1 Å². The highest BCUT2D eigenvalue weighted by atomic mass is 16.3. The van der Waals surface area contributed by atoms with Crippen molar-refractivity contribution < 1.29 is 24.3 Å². The van der Waals surface area contributed by atoms with Crippen LogP contribution in [0.15, 0.2) is 85.5 Å². The maximum atomic E-state index is 14.4. The lowest BCUT2D eigenvalue weighted by atomic mass is 9.98. The first-order chi connectivity index (χ1) is 23.5. The summed E-state index contributed by atoms with van der Waals surface area (Å²) >= 11 is 0. The molecule has 2 atom stereocenters. The topological polar surface area (TPSA) is 172 Å². The quantitative estimate of drug-likeness (QED) is 0.102. The number of urea groups is 1. The third-order valence-electron chi connectivity index (χ3n) is 8.63. The average Bonchev–Trinajstić information content (AvgIpc) is 3.07. The van der Waals surface area contributed by atoms with Crippen molar-refractivity contribution in [2.45, 2.75) is 31.7 Å². The first-order valence-corrected chi connectivity index (χ1v) is 15.9.